The summed E-state index contributed by atoms with van der Waals surface area (Å²) in [4.78, 5) is 15.1. The number of methoxy groups -OCH3 is 1. The topological polar surface area (TPSA) is 50.8 Å². The monoisotopic (exact) mass is 372 g/mol. The lowest BCUT2D eigenvalue weighted by atomic mass is 10.0. The van der Waals surface area contributed by atoms with E-state index < -0.39 is 6.10 Å². The number of para-hydroxylation sites is 1. The van der Waals surface area contributed by atoms with Gasteiger partial charge in [-0.25, -0.2) is 0 Å². The zero-order chi connectivity index (χ0) is 18.1. The summed E-state index contributed by atoms with van der Waals surface area (Å²) in [5, 5.41) is 4.04. The molecule has 0 radical (unpaired) electrons. The number of piperazine rings is 1. The zero-order valence-corrected chi connectivity index (χ0v) is 15.3. The molecule has 2 unspecified atom stereocenters. The average molecular weight is 373 g/mol. The second-order valence-electron chi connectivity index (χ2n) is 6.56. The Morgan fingerprint density at radius 2 is 2.15 bits per heavy atom. The maximum Gasteiger partial charge on any atom is 0.264 e. The van der Waals surface area contributed by atoms with Crippen molar-refractivity contribution in [2.24, 2.45) is 0 Å². The summed E-state index contributed by atoms with van der Waals surface area (Å²) >= 11 is 6.06. The SMILES string of the molecule is COc1ccccc1C1CNCCN1C(=O)C1Cc2cc(Cl)ccc2O1. The van der Waals surface area contributed by atoms with Crippen LogP contribution in [0, 0.1) is 0 Å². The number of hydrogen-bond donors (Lipinski definition) is 1. The second-order valence-corrected chi connectivity index (χ2v) is 6.99. The van der Waals surface area contributed by atoms with Gasteiger partial charge in [0.25, 0.3) is 5.91 Å². The fraction of sp³-hybridized carbons (Fsp3) is 0.350. The van der Waals surface area contributed by atoms with E-state index in [1.807, 2.05) is 41.3 Å². The predicted octanol–water partition coefficient (Wildman–Crippen LogP) is 2.83. The second kappa shape index (κ2) is 7.17. The van der Waals surface area contributed by atoms with Crippen LogP contribution in [0.4, 0.5) is 0 Å². The third kappa shape index (κ3) is 3.13. The van der Waals surface area contributed by atoms with Crippen LogP contribution in [0.2, 0.25) is 5.02 Å². The highest BCUT2D eigenvalue weighted by atomic mass is 35.5. The minimum atomic E-state index is -0.501. The van der Waals surface area contributed by atoms with E-state index in [-0.39, 0.29) is 11.9 Å². The van der Waals surface area contributed by atoms with Crippen LogP contribution >= 0.6 is 11.6 Å². The van der Waals surface area contributed by atoms with Gasteiger partial charge in [-0.1, -0.05) is 29.8 Å². The average Bonchev–Trinajstić information content (AvgIpc) is 3.10. The van der Waals surface area contributed by atoms with Crippen molar-refractivity contribution in [2.45, 2.75) is 18.6 Å². The Hall–Kier alpha value is -2.24. The van der Waals surface area contributed by atoms with Crippen molar-refractivity contribution in [1.29, 1.82) is 0 Å². The predicted molar refractivity (Wildman–Crippen MR) is 99.9 cm³/mol. The van der Waals surface area contributed by atoms with Crippen LogP contribution in [-0.4, -0.2) is 43.7 Å². The van der Waals surface area contributed by atoms with Gasteiger partial charge >= 0.3 is 0 Å². The summed E-state index contributed by atoms with van der Waals surface area (Å²) in [5.41, 5.74) is 1.99. The Labute approximate surface area is 157 Å². The molecule has 0 aromatic heterocycles. The van der Waals surface area contributed by atoms with E-state index in [4.69, 9.17) is 21.1 Å². The Morgan fingerprint density at radius 1 is 1.31 bits per heavy atom. The summed E-state index contributed by atoms with van der Waals surface area (Å²) in [6.07, 6.45) is 0.0517. The van der Waals surface area contributed by atoms with Crippen molar-refractivity contribution in [2.75, 3.05) is 26.7 Å². The van der Waals surface area contributed by atoms with Gasteiger partial charge in [0, 0.05) is 36.6 Å². The molecule has 2 aromatic carbocycles. The molecule has 2 aliphatic rings. The standard InChI is InChI=1S/C20H21ClN2O3/c1-25-18-5-3-2-4-15(18)16-12-22-8-9-23(16)20(24)19-11-13-10-14(21)6-7-17(13)26-19/h2-7,10,16,19,22H,8-9,11-12H2,1H3. The summed E-state index contributed by atoms with van der Waals surface area (Å²) in [6.45, 7) is 2.10. The minimum Gasteiger partial charge on any atom is -0.496 e. The molecule has 1 N–H and O–H groups in total. The van der Waals surface area contributed by atoms with Gasteiger partial charge in [-0.05, 0) is 29.8 Å². The van der Waals surface area contributed by atoms with Crippen molar-refractivity contribution in [1.82, 2.24) is 10.2 Å². The summed E-state index contributed by atoms with van der Waals surface area (Å²) in [7, 11) is 1.65. The number of nitrogens with one attached hydrogen (secondary N) is 1. The fourth-order valence-corrected chi connectivity index (χ4v) is 3.92. The first-order valence-electron chi connectivity index (χ1n) is 8.76. The highest BCUT2D eigenvalue weighted by molar-refractivity contribution is 6.30. The van der Waals surface area contributed by atoms with Crippen LogP contribution in [0.5, 0.6) is 11.5 Å². The lowest BCUT2D eigenvalue weighted by molar-refractivity contribution is -0.141. The normalized spacial score (nSPS) is 21.8. The van der Waals surface area contributed by atoms with Crippen molar-refractivity contribution < 1.29 is 14.3 Å². The minimum absolute atomic E-state index is 0.00901. The van der Waals surface area contributed by atoms with Crippen LogP contribution in [-0.2, 0) is 11.2 Å². The lowest BCUT2D eigenvalue weighted by Crippen LogP contribution is -2.52. The summed E-state index contributed by atoms with van der Waals surface area (Å²) in [6, 6.07) is 13.3. The number of fused-ring (bicyclic) bond motifs is 1. The Balaban J connectivity index is 1.58. The Bertz CT molecular complexity index is 826. The van der Waals surface area contributed by atoms with E-state index in [1.54, 1.807) is 13.2 Å². The molecule has 0 spiro atoms. The molecule has 1 fully saturated rings. The number of hydrogen-bond acceptors (Lipinski definition) is 4. The molecule has 6 heteroatoms. The largest absolute Gasteiger partial charge is 0.496 e. The molecule has 0 aliphatic carbocycles. The molecular weight excluding hydrogens is 352 g/mol. The van der Waals surface area contributed by atoms with Gasteiger partial charge in [0.2, 0.25) is 0 Å². The highest BCUT2D eigenvalue weighted by Gasteiger charge is 2.37. The van der Waals surface area contributed by atoms with Gasteiger partial charge in [0.05, 0.1) is 13.2 Å². The molecule has 1 amide bonds. The van der Waals surface area contributed by atoms with Gasteiger partial charge in [-0.2, -0.15) is 0 Å². The van der Waals surface area contributed by atoms with Gasteiger partial charge in [-0.15, -0.1) is 0 Å². The van der Waals surface area contributed by atoms with Crippen LogP contribution in [0.3, 0.4) is 0 Å². The van der Waals surface area contributed by atoms with Gasteiger partial charge in [0.1, 0.15) is 11.5 Å². The van der Waals surface area contributed by atoms with Crippen molar-refractivity contribution in [3.8, 4) is 11.5 Å². The highest BCUT2D eigenvalue weighted by Crippen LogP contribution is 2.35. The quantitative estimate of drug-likeness (QED) is 0.900. The lowest BCUT2D eigenvalue weighted by Gasteiger charge is -2.38. The van der Waals surface area contributed by atoms with Crippen molar-refractivity contribution in [3.63, 3.8) is 0 Å². The molecule has 1 saturated heterocycles. The number of rotatable bonds is 3. The number of nitrogens with zero attached hydrogens (tertiary/aromatic N) is 1. The maximum atomic E-state index is 13.2. The summed E-state index contributed by atoms with van der Waals surface area (Å²) in [5.74, 6) is 1.55. The summed E-state index contributed by atoms with van der Waals surface area (Å²) < 4.78 is 11.4. The van der Waals surface area contributed by atoms with E-state index in [0.717, 1.165) is 29.2 Å². The Morgan fingerprint density at radius 3 is 3.00 bits per heavy atom. The van der Waals surface area contributed by atoms with Crippen LogP contribution in [0.15, 0.2) is 42.5 Å². The van der Waals surface area contributed by atoms with E-state index in [9.17, 15) is 4.79 Å². The van der Waals surface area contributed by atoms with E-state index in [1.165, 1.54) is 0 Å². The molecule has 2 aliphatic heterocycles. The van der Waals surface area contributed by atoms with Crippen molar-refractivity contribution >= 4 is 17.5 Å². The van der Waals surface area contributed by atoms with Gasteiger partial charge in [-0.3, -0.25) is 4.79 Å². The number of carbonyl (C=O) groups is 1. The molecule has 136 valence electrons. The van der Waals surface area contributed by atoms with Crippen molar-refractivity contribution in [3.05, 3.63) is 58.6 Å². The molecular formula is C20H21ClN2O3. The van der Waals surface area contributed by atoms with Crippen LogP contribution < -0.4 is 14.8 Å². The number of ether oxygens (including phenoxy) is 2. The van der Waals surface area contributed by atoms with Crippen LogP contribution in [0.1, 0.15) is 17.2 Å². The molecule has 26 heavy (non-hydrogen) atoms. The molecule has 2 aromatic rings. The van der Waals surface area contributed by atoms with E-state index >= 15 is 0 Å². The smallest absolute Gasteiger partial charge is 0.264 e. The third-order valence-electron chi connectivity index (χ3n) is 5.00. The molecule has 5 nitrogen and oxygen atoms in total. The Kier molecular flexibility index (Phi) is 4.74. The molecule has 0 saturated carbocycles. The van der Waals surface area contributed by atoms with E-state index in [0.29, 0.717) is 24.5 Å². The molecule has 2 heterocycles. The number of halogens is 1. The molecule has 0 bridgehead atoms. The zero-order valence-electron chi connectivity index (χ0n) is 14.6. The number of benzene rings is 2. The van der Waals surface area contributed by atoms with Gasteiger partial charge in [0.15, 0.2) is 6.10 Å². The first-order valence-corrected chi connectivity index (χ1v) is 9.14. The number of carbonyl (C=O) groups excluding carboxylic acids is 1. The van der Waals surface area contributed by atoms with Crippen LogP contribution in [0.25, 0.3) is 0 Å². The number of amides is 1. The first kappa shape index (κ1) is 17.2. The van der Waals surface area contributed by atoms with Gasteiger partial charge < -0.3 is 19.7 Å². The molecule has 4 rings (SSSR count). The first-order chi connectivity index (χ1) is 12.7. The third-order valence-corrected chi connectivity index (χ3v) is 5.23. The molecule has 2 atom stereocenters. The maximum absolute atomic E-state index is 13.2. The van der Waals surface area contributed by atoms with E-state index in [2.05, 4.69) is 5.32 Å². The fourth-order valence-electron chi connectivity index (χ4n) is 3.73.